The Kier molecular flexibility index (Phi) is 2.59. The molecule has 0 saturated carbocycles. The molecule has 2 unspecified atom stereocenters. The summed E-state index contributed by atoms with van der Waals surface area (Å²) >= 11 is 6.14. The first-order chi connectivity index (χ1) is 6.31. The highest BCUT2D eigenvalue weighted by Gasteiger charge is 2.26. The molecule has 1 aliphatic rings. The normalized spacial score (nSPS) is 21.8. The van der Waals surface area contributed by atoms with Crippen LogP contribution < -0.4 is 0 Å². The molecule has 1 heteroatoms. The fraction of sp³-hybridized carbons (Fsp3) is 0.500. The average Bonchev–Trinajstić information content (AvgIpc) is 2.14. The molecule has 70 valence electrons. The van der Waals surface area contributed by atoms with Gasteiger partial charge < -0.3 is 0 Å². The van der Waals surface area contributed by atoms with Crippen molar-refractivity contribution in [1.82, 2.24) is 0 Å². The molecule has 1 aliphatic carbocycles. The first kappa shape index (κ1) is 9.08. The van der Waals surface area contributed by atoms with Crippen LogP contribution in [0.2, 0.25) is 0 Å². The third-order valence-corrected chi connectivity index (χ3v) is 3.43. The molecular formula is C12H15Cl. The van der Waals surface area contributed by atoms with E-state index in [2.05, 4.69) is 31.2 Å². The van der Waals surface area contributed by atoms with Gasteiger partial charge in [-0.15, -0.1) is 11.6 Å². The molecule has 0 nitrogen and oxygen atoms in total. The third-order valence-electron chi connectivity index (χ3n) is 2.94. The minimum atomic E-state index is 0.360. The smallest absolute Gasteiger partial charge is 0.0339 e. The van der Waals surface area contributed by atoms with Gasteiger partial charge in [-0.2, -0.15) is 0 Å². The lowest BCUT2D eigenvalue weighted by Gasteiger charge is -2.31. The predicted molar refractivity (Wildman–Crippen MR) is 57.4 cm³/mol. The Hall–Kier alpha value is -0.490. The Bertz CT molecular complexity index is 293. The maximum absolute atomic E-state index is 6.14. The molecule has 0 aromatic heterocycles. The zero-order chi connectivity index (χ0) is 9.26. The van der Waals surface area contributed by atoms with E-state index < -0.39 is 0 Å². The lowest BCUT2D eigenvalue weighted by Crippen LogP contribution is -2.19. The Morgan fingerprint density at radius 3 is 2.92 bits per heavy atom. The molecule has 0 heterocycles. The summed E-state index contributed by atoms with van der Waals surface area (Å²) in [4.78, 5) is 0. The number of alkyl halides is 1. The standard InChI is InChI=1S/C12H15Cl/c1-2-11(13)8-10-7-9-5-3-4-6-12(9)10/h3-6,10-11H,2,7-8H2,1H3. The van der Waals surface area contributed by atoms with Gasteiger partial charge in [0.2, 0.25) is 0 Å². The van der Waals surface area contributed by atoms with Gasteiger partial charge in [0.1, 0.15) is 0 Å². The maximum Gasteiger partial charge on any atom is 0.0339 e. The zero-order valence-corrected chi connectivity index (χ0v) is 8.72. The summed E-state index contributed by atoms with van der Waals surface area (Å²) in [6.45, 7) is 2.15. The molecule has 2 atom stereocenters. The average molecular weight is 195 g/mol. The largest absolute Gasteiger partial charge is 0.123 e. The van der Waals surface area contributed by atoms with Crippen LogP contribution in [-0.2, 0) is 6.42 Å². The highest BCUT2D eigenvalue weighted by atomic mass is 35.5. The first-order valence-electron chi connectivity index (χ1n) is 5.03. The third kappa shape index (κ3) is 1.73. The van der Waals surface area contributed by atoms with E-state index >= 15 is 0 Å². The second kappa shape index (κ2) is 3.71. The van der Waals surface area contributed by atoms with E-state index in [9.17, 15) is 0 Å². The van der Waals surface area contributed by atoms with Gasteiger partial charge in [0.25, 0.3) is 0 Å². The molecule has 13 heavy (non-hydrogen) atoms. The van der Waals surface area contributed by atoms with Crippen LogP contribution in [0.25, 0.3) is 0 Å². The van der Waals surface area contributed by atoms with Gasteiger partial charge in [0, 0.05) is 5.38 Å². The van der Waals surface area contributed by atoms with Crippen LogP contribution in [0.4, 0.5) is 0 Å². The number of fused-ring (bicyclic) bond motifs is 1. The summed E-state index contributed by atoms with van der Waals surface area (Å²) in [7, 11) is 0. The Morgan fingerprint density at radius 2 is 2.23 bits per heavy atom. The Labute approximate surface area is 84.9 Å². The van der Waals surface area contributed by atoms with Gasteiger partial charge >= 0.3 is 0 Å². The fourth-order valence-corrected chi connectivity index (χ4v) is 2.26. The zero-order valence-electron chi connectivity index (χ0n) is 7.96. The van der Waals surface area contributed by atoms with E-state index in [1.165, 1.54) is 17.5 Å². The second-order valence-corrected chi connectivity index (χ2v) is 4.46. The van der Waals surface area contributed by atoms with Gasteiger partial charge in [0.05, 0.1) is 0 Å². The summed E-state index contributed by atoms with van der Waals surface area (Å²) in [5, 5.41) is 0.360. The van der Waals surface area contributed by atoms with Gasteiger partial charge in [-0.1, -0.05) is 31.2 Å². The number of benzene rings is 1. The Balaban J connectivity index is 2.01. The van der Waals surface area contributed by atoms with Crippen LogP contribution >= 0.6 is 11.6 Å². The monoisotopic (exact) mass is 194 g/mol. The number of hydrogen-bond donors (Lipinski definition) is 0. The van der Waals surface area contributed by atoms with Crippen LogP contribution in [-0.4, -0.2) is 5.38 Å². The van der Waals surface area contributed by atoms with E-state index in [-0.39, 0.29) is 0 Å². The van der Waals surface area contributed by atoms with Gasteiger partial charge in [-0.3, -0.25) is 0 Å². The number of halogens is 1. The van der Waals surface area contributed by atoms with Crippen molar-refractivity contribution < 1.29 is 0 Å². The van der Waals surface area contributed by atoms with Crippen LogP contribution in [0.5, 0.6) is 0 Å². The van der Waals surface area contributed by atoms with E-state index in [1.54, 1.807) is 0 Å². The molecular weight excluding hydrogens is 180 g/mol. The lowest BCUT2D eigenvalue weighted by molar-refractivity contribution is 0.536. The molecule has 0 fully saturated rings. The van der Waals surface area contributed by atoms with Crippen molar-refractivity contribution >= 4 is 11.6 Å². The van der Waals surface area contributed by atoms with Gasteiger partial charge in [-0.25, -0.2) is 0 Å². The summed E-state index contributed by atoms with van der Waals surface area (Å²) in [5.74, 6) is 0.735. The molecule has 0 bridgehead atoms. The van der Waals surface area contributed by atoms with Crippen molar-refractivity contribution in [3.05, 3.63) is 35.4 Å². The van der Waals surface area contributed by atoms with Gasteiger partial charge in [-0.05, 0) is 36.3 Å². The topological polar surface area (TPSA) is 0 Å². The molecule has 0 aliphatic heterocycles. The number of rotatable bonds is 3. The summed E-state index contributed by atoms with van der Waals surface area (Å²) in [6, 6.07) is 8.71. The van der Waals surface area contributed by atoms with Crippen molar-refractivity contribution in [3.63, 3.8) is 0 Å². The maximum atomic E-state index is 6.14. The molecule has 0 saturated heterocycles. The molecule has 0 spiro atoms. The van der Waals surface area contributed by atoms with Crippen LogP contribution in [0.1, 0.15) is 36.8 Å². The van der Waals surface area contributed by atoms with E-state index in [0.29, 0.717) is 5.38 Å². The molecule has 0 radical (unpaired) electrons. The van der Waals surface area contributed by atoms with Crippen molar-refractivity contribution in [2.45, 2.75) is 37.5 Å². The Morgan fingerprint density at radius 1 is 1.46 bits per heavy atom. The molecule has 2 rings (SSSR count). The van der Waals surface area contributed by atoms with Crippen LogP contribution in [0.15, 0.2) is 24.3 Å². The molecule has 1 aromatic rings. The van der Waals surface area contributed by atoms with Crippen molar-refractivity contribution in [2.24, 2.45) is 0 Å². The van der Waals surface area contributed by atoms with Crippen LogP contribution in [0, 0.1) is 0 Å². The highest BCUT2D eigenvalue weighted by Crippen LogP contribution is 2.39. The highest BCUT2D eigenvalue weighted by molar-refractivity contribution is 6.20. The minimum Gasteiger partial charge on any atom is -0.123 e. The second-order valence-electron chi connectivity index (χ2n) is 3.84. The SMILES string of the molecule is CCC(Cl)CC1Cc2ccccc21. The predicted octanol–water partition coefficient (Wildman–Crippen LogP) is 3.73. The van der Waals surface area contributed by atoms with Crippen molar-refractivity contribution in [3.8, 4) is 0 Å². The van der Waals surface area contributed by atoms with E-state index in [0.717, 1.165) is 18.8 Å². The van der Waals surface area contributed by atoms with Crippen molar-refractivity contribution in [2.75, 3.05) is 0 Å². The minimum absolute atomic E-state index is 0.360. The summed E-state index contributed by atoms with van der Waals surface area (Å²) in [5.41, 5.74) is 3.05. The van der Waals surface area contributed by atoms with Crippen molar-refractivity contribution in [1.29, 1.82) is 0 Å². The van der Waals surface area contributed by atoms with Crippen LogP contribution in [0.3, 0.4) is 0 Å². The molecule has 0 amide bonds. The van der Waals surface area contributed by atoms with E-state index in [4.69, 9.17) is 11.6 Å². The summed E-state index contributed by atoms with van der Waals surface area (Å²) < 4.78 is 0. The first-order valence-corrected chi connectivity index (χ1v) is 5.46. The number of hydrogen-bond acceptors (Lipinski definition) is 0. The quantitative estimate of drug-likeness (QED) is 0.644. The van der Waals surface area contributed by atoms with E-state index in [1.807, 2.05) is 0 Å². The lowest BCUT2D eigenvalue weighted by atomic mass is 9.75. The molecule has 1 aromatic carbocycles. The fourth-order valence-electron chi connectivity index (χ4n) is 2.05. The summed E-state index contributed by atoms with van der Waals surface area (Å²) in [6.07, 6.45) is 3.47. The van der Waals surface area contributed by atoms with Gasteiger partial charge in [0.15, 0.2) is 0 Å². The molecule has 0 N–H and O–H groups in total.